The van der Waals surface area contributed by atoms with Crippen LogP contribution in [-0.4, -0.2) is 35.0 Å². The van der Waals surface area contributed by atoms with Crippen LogP contribution in [0.5, 0.6) is 0 Å². The fourth-order valence-electron chi connectivity index (χ4n) is 3.10. The second-order valence-electron chi connectivity index (χ2n) is 4.74. The molecule has 2 unspecified atom stereocenters. The molecule has 0 aromatic rings. The first-order valence-electron chi connectivity index (χ1n) is 5.58. The van der Waals surface area contributed by atoms with Crippen molar-refractivity contribution in [3.05, 3.63) is 0 Å². The largest absolute Gasteiger partial charge is 0.481 e. The summed E-state index contributed by atoms with van der Waals surface area (Å²) in [5, 5.41) is 9.17. The molecule has 1 heterocycles. The molecule has 2 rings (SSSR count). The maximum absolute atomic E-state index is 11.3. The van der Waals surface area contributed by atoms with Gasteiger partial charge in [-0.3, -0.25) is 9.59 Å². The van der Waals surface area contributed by atoms with Crippen molar-refractivity contribution in [1.82, 2.24) is 4.90 Å². The van der Waals surface area contributed by atoms with Gasteiger partial charge in [0.15, 0.2) is 0 Å². The van der Waals surface area contributed by atoms with Crippen LogP contribution in [0.15, 0.2) is 0 Å². The number of aliphatic carboxylic acids is 1. The molecule has 1 saturated heterocycles. The molecule has 84 valence electrons. The van der Waals surface area contributed by atoms with Crippen LogP contribution >= 0.6 is 0 Å². The number of hydrogen-bond donors (Lipinski definition) is 1. The lowest BCUT2D eigenvalue weighted by Crippen LogP contribution is -2.52. The predicted octanol–water partition coefficient (Wildman–Crippen LogP) is 0.966. The van der Waals surface area contributed by atoms with E-state index in [4.69, 9.17) is 5.11 Å². The Morgan fingerprint density at radius 2 is 1.73 bits per heavy atom. The Morgan fingerprint density at radius 3 is 2.13 bits per heavy atom. The van der Waals surface area contributed by atoms with Crippen molar-refractivity contribution in [3.8, 4) is 0 Å². The predicted molar refractivity (Wildman–Crippen MR) is 54.2 cm³/mol. The Kier molecular flexibility index (Phi) is 2.67. The van der Waals surface area contributed by atoms with Crippen LogP contribution < -0.4 is 0 Å². The molecule has 0 radical (unpaired) electrons. The van der Waals surface area contributed by atoms with E-state index in [1.165, 1.54) is 0 Å². The molecule has 1 amide bonds. The van der Waals surface area contributed by atoms with Gasteiger partial charge in [-0.2, -0.15) is 0 Å². The second kappa shape index (κ2) is 3.83. The number of piperidine rings is 1. The van der Waals surface area contributed by atoms with E-state index in [9.17, 15) is 9.59 Å². The van der Waals surface area contributed by atoms with Gasteiger partial charge in [-0.25, -0.2) is 0 Å². The number of amides is 1. The Labute approximate surface area is 89.3 Å². The molecule has 0 aromatic heterocycles. The zero-order valence-electron chi connectivity index (χ0n) is 8.98. The summed E-state index contributed by atoms with van der Waals surface area (Å²) in [6, 6.07) is 0. The summed E-state index contributed by atoms with van der Waals surface area (Å²) in [4.78, 5) is 24.2. The number of carbonyl (C=O) groups is 2. The van der Waals surface area contributed by atoms with Gasteiger partial charge >= 0.3 is 5.97 Å². The minimum atomic E-state index is -0.673. The first kappa shape index (κ1) is 10.5. The highest BCUT2D eigenvalue weighted by Gasteiger charge is 2.43. The lowest BCUT2D eigenvalue weighted by Gasteiger charge is -2.45. The lowest BCUT2D eigenvalue weighted by atomic mass is 9.69. The molecule has 4 nitrogen and oxygen atoms in total. The summed E-state index contributed by atoms with van der Waals surface area (Å²) in [5.74, 6) is -0.448. The molecule has 1 aliphatic heterocycles. The highest BCUT2D eigenvalue weighted by Crippen LogP contribution is 2.39. The topological polar surface area (TPSA) is 57.6 Å². The van der Waals surface area contributed by atoms with Crippen LogP contribution in [0.2, 0.25) is 0 Å². The van der Waals surface area contributed by atoms with Crippen molar-refractivity contribution in [1.29, 1.82) is 0 Å². The molecule has 1 saturated carbocycles. The van der Waals surface area contributed by atoms with Crippen LogP contribution in [0.4, 0.5) is 0 Å². The number of fused-ring (bicyclic) bond motifs is 2. The quantitative estimate of drug-likeness (QED) is 0.703. The van der Waals surface area contributed by atoms with Gasteiger partial charge in [0.2, 0.25) is 5.91 Å². The maximum Gasteiger partial charge on any atom is 0.307 e. The third-order valence-corrected chi connectivity index (χ3v) is 3.81. The minimum Gasteiger partial charge on any atom is -0.481 e. The third-order valence-electron chi connectivity index (χ3n) is 3.81. The minimum absolute atomic E-state index is 0.0794. The number of carboxylic acids is 1. The summed E-state index contributed by atoms with van der Waals surface area (Å²) in [5.41, 5.74) is 0. The number of hydrogen-bond acceptors (Lipinski definition) is 2. The number of carboxylic acid groups (broad SMARTS) is 1. The second-order valence-corrected chi connectivity index (χ2v) is 4.74. The Hall–Kier alpha value is -1.06. The normalized spacial score (nSPS) is 35.0. The van der Waals surface area contributed by atoms with Crippen molar-refractivity contribution in [2.75, 3.05) is 13.1 Å². The van der Waals surface area contributed by atoms with E-state index in [-0.39, 0.29) is 23.7 Å². The molecule has 4 heteroatoms. The molecule has 15 heavy (non-hydrogen) atoms. The van der Waals surface area contributed by atoms with Gasteiger partial charge in [-0.05, 0) is 24.7 Å². The van der Waals surface area contributed by atoms with Crippen molar-refractivity contribution >= 4 is 11.9 Å². The Morgan fingerprint density at radius 1 is 1.20 bits per heavy atom. The van der Waals surface area contributed by atoms with E-state index in [1.54, 1.807) is 6.92 Å². The standard InChI is InChI=1S/C11H17NO3/c1-7(13)12-5-8-3-2-4-9(6-12)10(8)11(14)15/h8-10H,2-6H2,1H3,(H,14,15). The number of likely N-dealkylation sites (tertiary alicyclic amines) is 1. The molecular formula is C11H17NO3. The van der Waals surface area contributed by atoms with Crippen LogP contribution in [0.3, 0.4) is 0 Å². The van der Waals surface area contributed by atoms with Gasteiger partial charge in [0, 0.05) is 20.0 Å². The Bertz CT molecular complexity index is 276. The average Bonchev–Trinajstić information content (AvgIpc) is 2.15. The number of rotatable bonds is 1. The maximum atomic E-state index is 11.3. The molecule has 1 aliphatic carbocycles. The van der Waals surface area contributed by atoms with Gasteiger partial charge in [0.05, 0.1) is 5.92 Å². The van der Waals surface area contributed by atoms with Gasteiger partial charge in [0.1, 0.15) is 0 Å². The molecule has 2 aliphatic rings. The van der Waals surface area contributed by atoms with Crippen molar-refractivity contribution in [2.24, 2.45) is 17.8 Å². The highest BCUT2D eigenvalue weighted by atomic mass is 16.4. The molecule has 1 N–H and O–H groups in total. The van der Waals surface area contributed by atoms with E-state index < -0.39 is 5.97 Å². The summed E-state index contributed by atoms with van der Waals surface area (Å²) in [7, 11) is 0. The van der Waals surface area contributed by atoms with Crippen LogP contribution in [0.25, 0.3) is 0 Å². The molecule has 0 spiro atoms. The van der Waals surface area contributed by atoms with E-state index in [0.717, 1.165) is 19.3 Å². The average molecular weight is 211 g/mol. The zero-order chi connectivity index (χ0) is 11.0. The van der Waals surface area contributed by atoms with Crippen molar-refractivity contribution in [3.63, 3.8) is 0 Å². The van der Waals surface area contributed by atoms with Gasteiger partial charge in [-0.15, -0.1) is 0 Å². The summed E-state index contributed by atoms with van der Waals surface area (Å²) in [6.45, 7) is 2.85. The van der Waals surface area contributed by atoms with Gasteiger partial charge in [-0.1, -0.05) is 6.42 Å². The Balaban J connectivity index is 2.15. The molecular weight excluding hydrogens is 194 g/mol. The van der Waals surface area contributed by atoms with E-state index in [1.807, 2.05) is 4.90 Å². The third kappa shape index (κ3) is 1.85. The lowest BCUT2D eigenvalue weighted by molar-refractivity contribution is -0.154. The van der Waals surface area contributed by atoms with Crippen LogP contribution in [0, 0.1) is 17.8 Å². The van der Waals surface area contributed by atoms with Gasteiger partial charge < -0.3 is 10.0 Å². The smallest absolute Gasteiger partial charge is 0.307 e. The van der Waals surface area contributed by atoms with E-state index in [2.05, 4.69) is 0 Å². The summed E-state index contributed by atoms with van der Waals surface area (Å²) < 4.78 is 0. The highest BCUT2D eigenvalue weighted by molar-refractivity contribution is 5.75. The molecule has 0 aromatic carbocycles. The molecule has 2 bridgehead atoms. The zero-order valence-corrected chi connectivity index (χ0v) is 8.98. The first-order chi connectivity index (χ1) is 7.09. The SMILES string of the molecule is CC(=O)N1CC2CCCC(C1)C2C(=O)O. The number of nitrogens with zero attached hydrogens (tertiary/aromatic N) is 1. The summed E-state index contributed by atoms with van der Waals surface area (Å²) >= 11 is 0. The van der Waals surface area contributed by atoms with E-state index >= 15 is 0 Å². The van der Waals surface area contributed by atoms with Gasteiger partial charge in [0.25, 0.3) is 0 Å². The first-order valence-corrected chi connectivity index (χ1v) is 5.58. The van der Waals surface area contributed by atoms with Crippen LogP contribution in [0.1, 0.15) is 26.2 Å². The molecule has 2 atom stereocenters. The fraction of sp³-hybridized carbons (Fsp3) is 0.818. The summed E-state index contributed by atoms with van der Waals surface area (Å²) in [6.07, 6.45) is 3.03. The van der Waals surface area contributed by atoms with Crippen LogP contribution in [-0.2, 0) is 9.59 Å². The van der Waals surface area contributed by atoms with E-state index in [0.29, 0.717) is 13.1 Å². The monoisotopic (exact) mass is 211 g/mol. The number of carbonyl (C=O) groups excluding carboxylic acids is 1. The molecule has 2 fully saturated rings. The van der Waals surface area contributed by atoms with Crippen molar-refractivity contribution < 1.29 is 14.7 Å². The van der Waals surface area contributed by atoms with Crippen molar-refractivity contribution in [2.45, 2.75) is 26.2 Å². The fourth-order valence-corrected chi connectivity index (χ4v) is 3.10.